The lowest BCUT2D eigenvalue weighted by Gasteiger charge is -2.14. The molecule has 0 fully saturated rings. The maximum absolute atomic E-state index is 12.5. The zero-order chi connectivity index (χ0) is 17.7. The molecule has 1 atom stereocenters. The van der Waals surface area contributed by atoms with Crippen LogP contribution in [0, 0.1) is 0 Å². The van der Waals surface area contributed by atoms with Crippen LogP contribution in [0.3, 0.4) is 0 Å². The fourth-order valence-electron chi connectivity index (χ4n) is 2.28. The first-order chi connectivity index (χ1) is 11.3. The molecule has 2 aromatic carbocycles. The van der Waals surface area contributed by atoms with Crippen LogP contribution in [0.5, 0.6) is 0 Å². The highest BCUT2D eigenvalue weighted by Gasteiger charge is 2.28. The maximum Gasteiger partial charge on any atom is 0.242 e. The fourth-order valence-corrected chi connectivity index (χ4v) is 3.58. The molecule has 5 heteroatoms. The highest BCUT2D eigenvalue weighted by molar-refractivity contribution is 7.92. The van der Waals surface area contributed by atoms with E-state index in [1.807, 2.05) is 30.3 Å². The number of nitrogens with one attached hydrogen (secondary N) is 1. The molecule has 1 amide bonds. The van der Waals surface area contributed by atoms with E-state index in [-0.39, 0.29) is 5.75 Å². The van der Waals surface area contributed by atoms with Gasteiger partial charge in [0, 0.05) is 5.69 Å². The van der Waals surface area contributed by atoms with Crippen LogP contribution in [0.1, 0.15) is 37.8 Å². The van der Waals surface area contributed by atoms with Gasteiger partial charge in [0.15, 0.2) is 9.84 Å². The van der Waals surface area contributed by atoms with Crippen molar-refractivity contribution in [1.29, 1.82) is 0 Å². The molecule has 0 radical (unpaired) electrons. The van der Waals surface area contributed by atoms with Gasteiger partial charge < -0.3 is 5.32 Å². The van der Waals surface area contributed by atoms with Crippen LogP contribution >= 0.6 is 0 Å². The molecule has 24 heavy (non-hydrogen) atoms. The lowest BCUT2D eigenvalue weighted by Crippen LogP contribution is -2.33. The van der Waals surface area contributed by atoms with Crippen LogP contribution in [0.2, 0.25) is 0 Å². The van der Waals surface area contributed by atoms with Gasteiger partial charge >= 0.3 is 0 Å². The van der Waals surface area contributed by atoms with E-state index >= 15 is 0 Å². The average Bonchev–Trinajstić information content (AvgIpc) is 2.55. The molecule has 0 bridgehead atoms. The first-order valence-corrected chi connectivity index (χ1v) is 9.67. The van der Waals surface area contributed by atoms with E-state index in [2.05, 4.69) is 19.2 Å². The Labute approximate surface area is 143 Å². The summed E-state index contributed by atoms with van der Waals surface area (Å²) in [6.07, 6.45) is 0. The Balaban J connectivity index is 2.07. The number of sulfone groups is 1. The van der Waals surface area contributed by atoms with Gasteiger partial charge in [-0.1, -0.05) is 56.3 Å². The van der Waals surface area contributed by atoms with Crippen LogP contribution in [-0.2, 0) is 20.4 Å². The first kappa shape index (κ1) is 18.2. The normalized spacial score (nSPS) is 12.8. The zero-order valence-electron chi connectivity index (χ0n) is 14.2. The van der Waals surface area contributed by atoms with Gasteiger partial charge in [-0.15, -0.1) is 0 Å². The van der Waals surface area contributed by atoms with Crippen LogP contribution < -0.4 is 5.32 Å². The summed E-state index contributed by atoms with van der Waals surface area (Å²) in [7, 11) is -3.58. The van der Waals surface area contributed by atoms with Crippen molar-refractivity contribution in [2.75, 3.05) is 5.32 Å². The number of hydrogen-bond acceptors (Lipinski definition) is 3. The number of rotatable bonds is 6. The molecule has 0 aromatic heterocycles. The van der Waals surface area contributed by atoms with Crippen LogP contribution in [0.15, 0.2) is 54.6 Å². The summed E-state index contributed by atoms with van der Waals surface area (Å²) in [4.78, 5) is 12.2. The highest BCUT2D eigenvalue weighted by atomic mass is 32.2. The van der Waals surface area contributed by atoms with Gasteiger partial charge in [0.2, 0.25) is 5.91 Å². The second-order valence-corrected chi connectivity index (χ2v) is 8.52. The summed E-state index contributed by atoms with van der Waals surface area (Å²) >= 11 is 0. The van der Waals surface area contributed by atoms with Crippen molar-refractivity contribution in [2.24, 2.45) is 0 Å². The molecule has 0 aliphatic carbocycles. The van der Waals surface area contributed by atoms with E-state index in [9.17, 15) is 13.2 Å². The van der Waals surface area contributed by atoms with Crippen molar-refractivity contribution < 1.29 is 13.2 Å². The Morgan fingerprint density at radius 2 is 1.54 bits per heavy atom. The fraction of sp³-hybridized carbons (Fsp3) is 0.316. The third-order valence-electron chi connectivity index (χ3n) is 3.96. The smallest absolute Gasteiger partial charge is 0.242 e. The molecule has 128 valence electrons. The zero-order valence-corrected chi connectivity index (χ0v) is 15.0. The minimum Gasteiger partial charge on any atom is -0.325 e. The van der Waals surface area contributed by atoms with E-state index in [4.69, 9.17) is 0 Å². The van der Waals surface area contributed by atoms with Crippen molar-refractivity contribution in [1.82, 2.24) is 0 Å². The maximum atomic E-state index is 12.5. The molecule has 1 N–H and O–H groups in total. The minimum absolute atomic E-state index is 0.144. The van der Waals surface area contributed by atoms with Crippen molar-refractivity contribution in [3.8, 4) is 0 Å². The molecule has 0 heterocycles. The summed E-state index contributed by atoms with van der Waals surface area (Å²) < 4.78 is 25.0. The van der Waals surface area contributed by atoms with Crippen LogP contribution in [0.25, 0.3) is 0 Å². The van der Waals surface area contributed by atoms with E-state index in [1.54, 1.807) is 24.3 Å². The number of hydrogen-bond donors (Lipinski definition) is 1. The van der Waals surface area contributed by atoms with Crippen molar-refractivity contribution in [3.05, 3.63) is 65.7 Å². The predicted molar refractivity (Wildman–Crippen MR) is 97.7 cm³/mol. The number of benzene rings is 2. The predicted octanol–water partition coefficient (Wildman–Crippen LogP) is 3.75. The van der Waals surface area contributed by atoms with Gasteiger partial charge in [-0.05, 0) is 36.1 Å². The number of para-hydroxylation sites is 1. The number of amides is 1. The van der Waals surface area contributed by atoms with Crippen LogP contribution in [-0.4, -0.2) is 19.6 Å². The first-order valence-electron chi connectivity index (χ1n) is 7.96. The van der Waals surface area contributed by atoms with Gasteiger partial charge in [-0.25, -0.2) is 8.42 Å². The average molecular weight is 345 g/mol. The van der Waals surface area contributed by atoms with Crippen molar-refractivity contribution >= 4 is 21.4 Å². The molecule has 2 aromatic rings. The molecule has 0 aliphatic rings. The Bertz CT molecular complexity index is 781. The summed E-state index contributed by atoms with van der Waals surface area (Å²) in [5.41, 5.74) is 2.44. The number of carbonyl (C=O) groups excluding carboxylic acids is 1. The largest absolute Gasteiger partial charge is 0.325 e. The molecule has 0 saturated heterocycles. The number of anilines is 1. The van der Waals surface area contributed by atoms with Gasteiger partial charge in [0.05, 0.1) is 5.75 Å². The molecular weight excluding hydrogens is 322 g/mol. The topological polar surface area (TPSA) is 63.2 Å². The van der Waals surface area contributed by atoms with Crippen molar-refractivity contribution in [2.45, 2.75) is 37.7 Å². The molecule has 2 rings (SSSR count). The van der Waals surface area contributed by atoms with Gasteiger partial charge in [-0.2, -0.15) is 0 Å². The Morgan fingerprint density at radius 1 is 0.958 bits per heavy atom. The molecule has 0 aliphatic heterocycles. The van der Waals surface area contributed by atoms with E-state index in [1.165, 1.54) is 6.92 Å². The second-order valence-electron chi connectivity index (χ2n) is 6.20. The molecule has 0 spiro atoms. The summed E-state index contributed by atoms with van der Waals surface area (Å²) in [6, 6.07) is 16.3. The molecular formula is C19H23NO3S. The second kappa shape index (κ2) is 7.62. The third-order valence-corrected chi connectivity index (χ3v) is 5.99. The summed E-state index contributed by atoms with van der Waals surface area (Å²) in [5, 5.41) is 1.53. The Hall–Kier alpha value is -2.14. The van der Waals surface area contributed by atoms with Gasteiger partial charge in [-0.3, -0.25) is 4.79 Å². The summed E-state index contributed by atoms with van der Waals surface area (Å²) in [5.74, 6) is -0.263. The SMILES string of the molecule is CC(C)c1ccc(CS(=O)(=O)[C@@H](C)C(=O)Nc2ccccc2)cc1. The quantitative estimate of drug-likeness (QED) is 0.867. The Morgan fingerprint density at radius 3 is 2.08 bits per heavy atom. The third kappa shape index (κ3) is 4.68. The summed E-state index contributed by atoms with van der Waals surface area (Å²) in [6.45, 7) is 5.60. The van der Waals surface area contributed by atoms with Gasteiger partial charge in [0.25, 0.3) is 0 Å². The van der Waals surface area contributed by atoms with Crippen LogP contribution in [0.4, 0.5) is 5.69 Å². The number of carbonyl (C=O) groups is 1. The molecule has 4 nitrogen and oxygen atoms in total. The van der Waals surface area contributed by atoms with E-state index in [0.717, 1.165) is 5.56 Å². The lowest BCUT2D eigenvalue weighted by molar-refractivity contribution is -0.115. The highest BCUT2D eigenvalue weighted by Crippen LogP contribution is 2.18. The van der Waals surface area contributed by atoms with Crippen molar-refractivity contribution in [3.63, 3.8) is 0 Å². The molecule has 0 saturated carbocycles. The van der Waals surface area contributed by atoms with E-state index in [0.29, 0.717) is 17.2 Å². The lowest BCUT2D eigenvalue weighted by atomic mass is 10.0. The standard InChI is InChI=1S/C19H23NO3S/c1-14(2)17-11-9-16(10-12-17)13-24(22,23)15(3)19(21)20-18-7-5-4-6-8-18/h4-12,14-15H,13H2,1-3H3,(H,20,21)/t15-/m0/s1. The van der Waals surface area contributed by atoms with Gasteiger partial charge in [0.1, 0.15) is 5.25 Å². The van der Waals surface area contributed by atoms with E-state index < -0.39 is 21.0 Å². The molecule has 0 unspecified atom stereocenters. The minimum atomic E-state index is -3.58. The Kier molecular flexibility index (Phi) is 5.78. The monoisotopic (exact) mass is 345 g/mol.